The van der Waals surface area contributed by atoms with E-state index in [0.717, 1.165) is 31.6 Å². The quantitative estimate of drug-likeness (QED) is 0.672. The summed E-state index contributed by atoms with van der Waals surface area (Å²) in [7, 11) is 0. The lowest BCUT2D eigenvalue weighted by molar-refractivity contribution is -0.149. The smallest absolute Gasteiger partial charge is 0.416 e. The zero-order valence-electron chi connectivity index (χ0n) is 18.1. The summed E-state index contributed by atoms with van der Waals surface area (Å²) in [6, 6.07) is 12.1. The van der Waals surface area contributed by atoms with Crippen molar-refractivity contribution in [2.24, 2.45) is 5.41 Å². The summed E-state index contributed by atoms with van der Waals surface area (Å²) in [6.07, 6.45) is -2.46. The van der Waals surface area contributed by atoms with E-state index in [1.165, 1.54) is 17.2 Å². The van der Waals surface area contributed by atoms with Gasteiger partial charge in [-0.2, -0.15) is 13.2 Å². The molecule has 1 saturated heterocycles. The van der Waals surface area contributed by atoms with Crippen LogP contribution in [0.4, 0.5) is 13.2 Å². The summed E-state index contributed by atoms with van der Waals surface area (Å²) in [5, 5.41) is 0. The number of hydrogen-bond donors (Lipinski definition) is 0. The maximum Gasteiger partial charge on any atom is 0.416 e. The number of amides is 1. The highest BCUT2D eigenvalue weighted by Gasteiger charge is 2.58. The van der Waals surface area contributed by atoms with Gasteiger partial charge in [-0.15, -0.1) is 0 Å². The first-order valence-electron chi connectivity index (χ1n) is 11.4. The summed E-state index contributed by atoms with van der Waals surface area (Å²) in [5.74, 6) is 0.343. The highest BCUT2D eigenvalue weighted by molar-refractivity contribution is 5.84. The predicted molar refractivity (Wildman–Crippen MR) is 113 cm³/mol. The van der Waals surface area contributed by atoms with Crippen LogP contribution in [-0.4, -0.2) is 41.2 Å². The number of halogens is 3. The maximum absolute atomic E-state index is 13.8. The van der Waals surface area contributed by atoms with Gasteiger partial charge in [0.25, 0.3) is 0 Å². The third-order valence-corrected chi connectivity index (χ3v) is 7.79. The molecule has 0 N–H and O–H groups in total. The molecular weight excluding hydrogens is 433 g/mol. The Morgan fingerprint density at radius 3 is 2.52 bits per heavy atom. The van der Waals surface area contributed by atoms with Crippen LogP contribution in [0, 0.1) is 5.41 Å². The van der Waals surface area contributed by atoms with Gasteiger partial charge >= 0.3 is 6.18 Å². The first-order valence-corrected chi connectivity index (χ1v) is 11.4. The predicted octanol–water partition coefficient (Wildman–Crippen LogP) is 4.34. The molecule has 1 saturated carbocycles. The minimum Gasteiger partial charge on any atom is -0.473 e. The van der Waals surface area contributed by atoms with Crippen molar-refractivity contribution >= 4 is 5.91 Å². The fraction of sp³-hybridized carbons (Fsp3) is 0.480. The number of alkyl halides is 3. The minimum atomic E-state index is -4.43. The third-order valence-electron chi connectivity index (χ3n) is 7.79. The van der Waals surface area contributed by atoms with Gasteiger partial charge in [-0.1, -0.05) is 24.3 Å². The Morgan fingerprint density at radius 2 is 1.79 bits per heavy atom. The zero-order chi connectivity index (χ0) is 22.8. The topological polar surface area (TPSA) is 42.0 Å². The van der Waals surface area contributed by atoms with Gasteiger partial charge in [-0.25, -0.2) is 0 Å². The summed E-state index contributed by atoms with van der Waals surface area (Å²) < 4.78 is 51.3. The van der Waals surface area contributed by atoms with Gasteiger partial charge in [-0.3, -0.25) is 9.69 Å². The van der Waals surface area contributed by atoms with Crippen LogP contribution < -0.4 is 4.74 Å². The van der Waals surface area contributed by atoms with Crippen molar-refractivity contribution in [1.82, 2.24) is 9.80 Å². The average Bonchev–Trinajstić information content (AvgIpc) is 3.49. The number of hydrogen-bond acceptors (Lipinski definition) is 4. The molecule has 8 heteroatoms. The number of ether oxygens (including phenoxy) is 2. The fourth-order valence-electron chi connectivity index (χ4n) is 6.07. The van der Waals surface area contributed by atoms with Crippen molar-refractivity contribution in [2.45, 2.75) is 57.2 Å². The molecule has 4 aliphatic rings. The Labute approximate surface area is 190 Å². The standard InChI is InChI=1S/C25H25F3N2O3/c26-25(27,28)19-5-6-21-18(9-19)14-30(15-33-21)23(31)24-7-8-32-22(24)10-20(11-24)29-12-16-3-1-2-4-17(16)13-29/h1-6,9,20,22H,7-8,10-15H2/t20-,22-,24-/m1/s1. The van der Waals surface area contributed by atoms with Gasteiger partial charge in [-0.05, 0) is 48.6 Å². The number of nitrogens with zero attached hydrogens (tertiary/aromatic N) is 2. The van der Waals surface area contributed by atoms with Crippen LogP contribution in [0.5, 0.6) is 5.75 Å². The van der Waals surface area contributed by atoms with Gasteiger partial charge < -0.3 is 14.4 Å². The average molecular weight is 458 g/mol. The Kier molecular flexibility index (Phi) is 4.75. The Balaban J connectivity index is 1.21. The molecule has 0 radical (unpaired) electrons. The lowest BCUT2D eigenvalue weighted by Gasteiger charge is -2.36. The number of carbonyl (C=O) groups excluding carboxylic acids is 1. The first kappa shape index (κ1) is 21.0. The van der Waals surface area contributed by atoms with E-state index in [9.17, 15) is 18.0 Å². The van der Waals surface area contributed by atoms with Crippen LogP contribution in [0.2, 0.25) is 0 Å². The van der Waals surface area contributed by atoms with Crippen molar-refractivity contribution < 1.29 is 27.4 Å². The summed E-state index contributed by atoms with van der Waals surface area (Å²) in [4.78, 5) is 17.8. The largest absolute Gasteiger partial charge is 0.473 e. The van der Waals surface area contributed by atoms with Gasteiger partial charge in [0.1, 0.15) is 5.75 Å². The van der Waals surface area contributed by atoms with Crippen LogP contribution in [0.25, 0.3) is 0 Å². The van der Waals surface area contributed by atoms with Gasteiger partial charge in [0.2, 0.25) is 5.91 Å². The number of carbonyl (C=O) groups is 1. The second-order valence-electron chi connectivity index (χ2n) is 9.63. The van der Waals surface area contributed by atoms with Gasteiger partial charge in [0.05, 0.1) is 23.6 Å². The molecule has 1 aliphatic carbocycles. The van der Waals surface area contributed by atoms with Crippen LogP contribution in [0.1, 0.15) is 41.5 Å². The lowest BCUT2D eigenvalue weighted by atomic mass is 9.80. The van der Waals surface area contributed by atoms with E-state index in [0.29, 0.717) is 30.8 Å². The summed E-state index contributed by atoms with van der Waals surface area (Å²) in [5.41, 5.74) is 1.69. The Bertz CT molecular complexity index is 1080. The Hall–Kier alpha value is -2.58. The van der Waals surface area contributed by atoms with E-state index in [2.05, 4.69) is 29.2 Å². The number of rotatable bonds is 2. The lowest BCUT2D eigenvalue weighted by Crippen LogP contribution is -2.48. The van der Waals surface area contributed by atoms with Crippen LogP contribution in [-0.2, 0) is 35.3 Å². The second kappa shape index (κ2) is 7.46. The minimum absolute atomic E-state index is 0.0471. The molecule has 5 nitrogen and oxygen atoms in total. The molecule has 2 fully saturated rings. The molecule has 0 bridgehead atoms. The number of benzene rings is 2. The Morgan fingerprint density at radius 1 is 1.03 bits per heavy atom. The second-order valence-corrected chi connectivity index (χ2v) is 9.63. The first-order chi connectivity index (χ1) is 15.8. The zero-order valence-corrected chi connectivity index (χ0v) is 18.1. The van der Waals surface area contributed by atoms with Gasteiger partial charge in [0, 0.05) is 31.3 Å². The highest BCUT2D eigenvalue weighted by atomic mass is 19.4. The van der Waals surface area contributed by atoms with E-state index in [4.69, 9.17) is 9.47 Å². The highest BCUT2D eigenvalue weighted by Crippen LogP contribution is 2.51. The summed E-state index contributed by atoms with van der Waals surface area (Å²) in [6.45, 7) is 2.45. The van der Waals surface area contributed by atoms with Crippen molar-refractivity contribution in [2.75, 3.05) is 13.3 Å². The molecule has 3 aliphatic heterocycles. The molecular formula is C25H25F3N2O3. The summed E-state index contributed by atoms with van der Waals surface area (Å²) >= 11 is 0. The number of fused-ring (bicyclic) bond motifs is 3. The van der Waals surface area contributed by atoms with E-state index in [1.807, 2.05) is 0 Å². The molecule has 3 heterocycles. The van der Waals surface area contributed by atoms with Crippen molar-refractivity contribution in [3.63, 3.8) is 0 Å². The van der Waals surface area contributed by atoms with Gasteiger partial charge in [0.15, 0.2) is 6.73 Å². The SMILES string of the molecule is O=C(N1COc2ccc(C(F)(F)F)cc2C1)[C@@]12CCO[C@@H]1C[C@@H](N1Cc3ccccc3C1)C2. The molecule has 3 atom stereocenters. The van der Waals surface area contributed by atoms with Crippen molar-refractivity contribution in [1.29, 1.82) is 0 Å². The van der Waals surface area contributed by atoms with Crippen molar-refractivity contribution in [3.05, 3.63) is 64.7 Å². The molecule has 0 aromatic heterocycles. The molecule has 33 heavy (non-hydrogen) atoms. The monoisotopic (exact) mass is 458 g/mol. The molecule has 0 spiro atoms. The van der Waals surface area contributed by atoms with E-state index in [1.54, 1.807) is 4.90 Å². The van der Waals surface area contributed by atoms with E-state index < -0.39 is 17.2 Å². The van der Waals surface area contributed by atoms with Crippen LogP contribution in [0.3, 0.4) is 0 Å². The normalized spacial score (nSPS) is 28.9. The maximum atomic E-state index is 13.8. The van der Waals surface area contributed by atoms with E-state index >= 15 is 0 Å². The van der Waals surface area contributed by atoms with Crippen molar-refractivity contribution in [3.8, 4) is 5.75 Å². The molecule has 6 rings (SSSR count). The van der Waals surface area contributed by atoms with E-state index in [-0.39, 0.29) is 31.3 Å². The third kappa shape index (κ3) is 3.42. The van der Waals surface area contributed by atoms with Crippen LogP contribution in [0.15, 0.2) is 42.5 Å². The molecule has 0 unspecified atom stereocenters. The fourth-order valence-corrected chi connectivity index (χ4v) is 6.07. The molecule has 1 amide bonds. The van der Waals surface area contributed by atoms with Crippen LogP contribution >= 0.6 is 0 Å². The molecule has 2 aromatic carbocycles. The molecule has 174 valence electrons. The molecule has 2 aromatic rings.